The van der Waals surface area contributed by atoms with Crippen molar-refractivity contribution in [2.75, 3.05) is 24.6 Å². The molecule has 1 aliphatic rings. The number of nitrogens with one attached hydrogen (secondary N) is 1. The fraction of sp³-hybridized carbons (Fsp3) is 1.00. The van der Waals surface area contributed by atoms with Crippen molar-refractivity contribution in [2.24, 2.45) is 17.8 Å². The molecule has 3 atom stereocenters. The molecule has 0 bridgehead atoms. The molecule has 0 aromatic heterocycles. The van der Waals surface area contributed by atoms with Gasteiger partial charge in [-0.1, -0.05) is 27.2 Å². The Morgan fingerprint density at radius 2 is 1.89 bits per heavy atom. The Kier molecular flexibility index (Phi) is 7.37. The van der Waals surface area contributed by atoms with Crippen LogP contribution in [-0.2, 0) is 9.84 Å². The van der Waals surface area contributed by atoms with Crippen LogP contribution < -0.4 is 5.32 Å². The second-order valence-electron chi connectivity index (χ2n) is 6.17. The molecule has 4 heteroatoms. The van der Waals surface area contributed by atoms with E-state index in [1.807, 2.05) is 0 Å². The van der Waals surface area contributed by atoms with Crippen molar-refractivity contribution >= 4 is 9.84 Å². The smallest absolute Gasteiger partial charge is 0.150 e. The lowest BCUT2D eigenvalue weighted by Gasteiger charge is -2.35. The Morgan fingerprint density at radius 3 is 2.53 bits per heavy atom. The third-order valence-corrected chi connectivity index (χ3v) is 6.21. The average molecular weight is 289 g/mol. The van der Waals surface area contributed by atoms with Crippen LogP contribution in [0.4, 0.5) is 0 Å². The summed E-state index contributed by atoms with van der Waals surface area (Å²) in [6.07, 6.45) is 5.79. The van der Waals surface area contributed by atoms with Gasteiger partial charge < -0.3 is 5.32 Å². The van der Waals surface area contributed by atoms with Gasteiger partial charge in [-0.3, -0.25) is 0 Å². The minimum atomic E-state index is -2.81. The van der Waals surface area contributed by atoms with Gasteiger partial charge in [-0.2, -0.15) is 0 Å². The lowest BCUT2D eigenvalue weighted by Crippen LogP contribution is -2.34. The van der Waals surface area contributed by atoms with E-state index in [9.17, 15) is 8.42 Å². The van der Waals surface area contributed by atoms with Crippen molar-refractivity contribution in [3.63, 3.8) is 0 Å². The van der Waals surface area contributed by atoms with E-state index < -0.39 is 9.84 Å². The van der Waals surface area contributed by atoms with E-state index in [0.717, 1.165) is 31.8 Å². The van der Waals surface area contributed by atoms with E-state index >= 15 is 0 Å². The third-order valence-electron chi connectivity index (χ3n) is 4.47. The summed E-state index contributed by atoms with van der Waals surface area (Å²) < 4.78 is 23.3. The highest BCUT2D eigenvalue weighted by molar-refractivity contribution is 7.91. The lowest BCUT2D eigenvalue weighted by atomic mass is 9.73. The molecule has 0 saturated heterocycles. The van der Waals surface area contributed by atoms with Gasteiger partial charge in [0.25, 0.3) is 0 Å². The molecule has 1 saturated carbocycles. The fourth-order valence-electron chi connectivity index (χ4n) is 3.12. The van der Waals surface area contributed by atoms with Gasteiger partial charge in [0.05, 0.1) is 5.75 Å². The summed E-state index contributed by atoms with van der Waals surface area (Å²) in [5.74, 6) is 2.69. The second kappa shape index (κ2) is 8.25. The number of rotatable bonds is 8. The van der Waals surface area contributed by atoms with Crippen LogP contribution in [0.15, 0.2) is 0 Å². The molecule has 0 aromatic rings. The molecule has 0 heterocycles. The van der Waals surface area contributed by atoms with Crippen LogP contribution in [0.3, 0.4) is 0 Å². The quantitative estimate of drug-likeness (QED) is 0.699. The van der Waals surface area contributed by atoms with Crippen LogP contribution in [0.25, 0.3) is 0 Å². The van der Waals surface area contributed by atoms with Crippen LogP contribution in [0.5, 0.6) is 0 Å². The van der Waals surface area contributed by atoms with Gasteiger partial charge >= 0.3 is 0 Å². The molecule has 0 aliphatic heterocycles. The number of hydrogen-bond acceptors (Lipinski definition) is 3. The Balaban J connectivity index is 2.48. The molecule has 3 nitrogen and oxygen atoms in total. The summed E-state index contributed by atoms with van der Waals surface area (Å²) in [5, 5.41) is 3.51. The predicted octanol–water partition coefficient (Wildman–Crippen LogP) is 2.86. The second-order valence-corrected chi connectivity index (χ2v) is 8.64. The minimum Gasteiger partial charge on any atom is -0.316 e. The van der Waals surface area contributed by atoms with Crippen LogP contribution in [0.2, 0.25) is 0 Å². The van der Waals surface area contributed by atoms with Crippen LogP contribution in [0, 0.1) is 17.8 Å². The van der Waals surface area contributed by atoms with Gasteiger partial charge in [0.15, 0.2) is 0 Å². The topological polar surface area (TPSA) is 46.2 Å². The highest BCUT2D eigenvalue weighted by Gasteiger charge is 2.29. The van der Waals surface area contributed by atoms with E-state index in [0.29, 0.717) is 17.6 Å². The number of hydrogen-bond donors (Lipinski definition) is 1. The highest BCUT2D eigenvalue weighted by Crippen LogP contribution is 2.35. The standard InChI is InChI=1S/C15H31NO2S/c1-4-9-16-12-15-7-6-13(3)11-14(15)8-10-19(17,18)5-2/h13-16H,4-12H2,1-3H3. The first-order chi connectivity index (χ1) is 8.98. The van der Waals surface area contributed by atoms with Gasteiger partial charge in [0.2, 0.25) is 0 Å². The Bertz CT molecular complexity index is 340. The highest BCUT2D eigenvalue weighted by atomic mass is 32.2. The maximum Gasteiger partial charge on any atom is 0.150 e. The molecule has 0 amide bonds. The van der Waals surface area contributed by atoms with Crippen molar-refractivity contribution in [1.29, 1.82) is 0 Å². The largest absolute Gasteiger partial charge is 0.316 e. The summed E-state index contributed by atoms with van der Waals surface area (Å²) >= 11 is 0. The SMILES string of the molecule is CCCNCC1CCC(C)CC1CCS(=O)(=O)CC. The zero-order chi connectivity index (χ0) is 14.3. The summed E-state index contributed by atoms with van der Waals surface area (Å²) in [6.45, 7) is 8.38. The molecule has 0 spiro atoms. The van der Waals surface area contributed by atoms with Crippen molar-refractivity contribution < 1.29 is 8.42 Å². The molecule has 1 aliphatic carbocycles. The average Bonchev–Trinajstić information content (AvgIpc) is 2.39. The molecule has 19 heavy (non-hydrogen) atoms. The molecule has 1 rings (SSSR count). The Labute approximate surface area is 119 Å². The summed E-state index contributed by atoms with van der Waals surface area (Å²) in [4.78, 5) is 0. The normalized spacial score (nSPS) is 28.5. The van der Waals surface area contributed by atoms with Crippen molar-refractivity contribution in [3.8, 4) is 0 Å². The molecule has 1 fully saturated rings. The Hall–Kier alpha value is -0.0900. The van der Waals surface area contributed by atoms with Crippen molar-refractivity contribution in [1.82, 2.24) is 5.32 Å². The zero-order valence-corrected chi connectivity index (χ0v) is 13.6. The van der Waals surface area contributed by atoms with Gasteiger partial charge in [0, 0.05) is 5.75 Å². The molecule has 3 unspecified atom stereocenters. The summed E-state index contributed by atoms with van der Waals surface area (Å²) in [7, 11) is -2.81. The van der Waals surface area contributed by atoms with E-state index in [-0.39, 0.29) is 5.75 Å². The summed E-state index contributed by atoms with van der Waals surface area (Å²) in [5.41, 5.74) is 0. The van der Waals surface area contributed by atoms with Gasteiger partial charge in [-0.05, 0) is 56.5 Å². The van der Waals surface area contributed by atoms with Crippen LogP contribution in [-0.4, -0.2) is 33.0 Å². The Morgan fingerprint density at radius 1 is 1.16 bits per heavy atom. The molecule has 0 aromatic carbocycles. The van der Waals surface area contributed by atoms with E-state index in [2.05, 4.69) is 19.2 Å². The van der Waals surface area contributed by atoms with Crippen molar-refractivity contribution in [3.05, 3.63) is 0 Å². The van der Waals surface area contributed by atoms with Gasteiger partial charge in [-0.25, -0.2) is 8.42 Å². The maximum absolute atomic E-state index is 11.7. The first kappa shape index (κ1) is 17.0. The van der Waals surface area contributed by atoms with Crippen LogP contribution in [0.1, 0.15) is 52.9 Å². The van der Waals surface area contributed by atoms with E-state index in [4.69, 9.17) is 0 Å². The van der Waals surface area contributed by atoms with E-state index in [1.54, 1.807) is 6.92 Å². The molecular weight excluding hydrogens is 258 g/mol. The minimum absolute atomic E-state index is 0.286. The monoisotopic (exact) mass is 289 g/mol. The third kappa shape index (κ3) is 6.26. The lowest BCUT2D eigenvalue weighted by molar-refractivity contribution is 0.180. The summed E-state index contributed by atoms with van der Waals surface area (Å²) in [6, 6.07) is 0. The first-order valence-corrected chi connectivity index (χ1v) is 9.71. The molecular formula is C15H31NO2S. The number of sulfone groups is 1. The van der Waals surface area contributed by atoms with Crippen LogP contribution >= 0.6 is 0 Å². The maximum atomic E-state index is 11.7. The van der Waals surface area contributed by atoms with Gasteiger partial charge in [0.1, 0.15) is 9.84 Å². The molecule has 1 N–H and O–H groups in total. The predicted molar refractivity (Wildman–Crippen MR) is 82.1 cm³/mol. The molecule has 114 valence electrons. The fourth-order valence-corrected chi connectivity index (χ4v) is 4.07. The zero-order valence-electron chi connectivity index (χ0n) is 12.8. The van der Waals surface area contributed by atoms with Gasteiger partial charge in [-0.15, -0.1) is 0 Å². The first-order valence-electron chi connectivity index (χ1n) is 7.89. The molecule has 0 radical (unpaired) electrons. The van der Waals surface area contributed by atoms with Crippen molar-refractivity contribution in [2.45, 2.75) is 52.9 Å². The van der Waals surface area contributed by atoms with E-state index in [1.165, 1.54) is 19.3 Å².